The van der Waals surface area contributed by atoms with Crippen molar-refractivity contribution < 1.29 is 27.1 Å². The Kier molecular flexibility index (Phi) is 7.62. The lowest BCUT2D eigenvalue weighted by Gasteiger charge is -2.23. The van der Waals surface area contributed by atoms with Crippen molar-refractivity contribution in [1.82, 2.24) is 14.6 Å². The summed E-state index contributed by atoms with van der Waals surface area (Å²) < 4.78 is 51.7. The molecule has 8 nitrogen and oxygen atoms in total. The van der Waals surface area contributed by atoms with Crippen molar-refractivity contribution in [3.63, 3.8) is 0 Å². The van der Waals surface area contributed by atoms with E-state index in [1.165, 1.54) is 23.5 Å². The van der Waals surface area contributed by atoms with Gasteiger partial charge in [-0.3, -0.25) is 9.78 Å². The van der Waals surface area contributed by atoms with Crippen molar-refractivity contribution in [2.75, 3.05) is 13.7 Å². The molecule has 0 bridgehead atoms. The second-order valence-corrected chi connectivity index (χ2v) is 9.97. The van der Waals surface area contributed by atoms with Crippen LogP contribution in [0.4, 0.5) is 4.39 Å². The highest BCUT2D eigenvalue weighted by atomic mass is 32.2. The normalized spacial score (nSPS) is 16.1. The van der Waals surface area contributed by atoms with Crippen LogP contribution in [0.25, 0.3) is 0 Å². The zero-order valence-corrected chi connectivity index (χ0v) is 20.0. The third-order valence-corrected chi connectivity index (χ3v) is 7.66. The summed E-state index contributed by atoms with van der Waals surface area (Å²) in [6.07, 6.45) is 4.39. The Balaban J connectivity index is 1.39. The second-order valence-electron chi connectivity index (χ2n) is 8.08. The smallest absolute Gasteiger partial charge is 0.243 e. The van der Waals surface area contributed by atoms with E-state index in [1.807, 2.05) is 18.2 Å². The first-order chi connectivity index (χ1) is 16.9. The molecule has 1 atom stereocenters. The molecule has 1 aliphatic rings. The van der Waals surface area contributed by atoms with Crippen molar-refractivity contribution in [3.05, 3.63) is 83.9 Å². The molecule has 1 aliphatic heterocycles. The minimum Gasteiger partial charge on any atom is -0.493 e. The maximum absolute atomic E-state index is 13.2. The van der Waals surface area contributed by atoms with Gasteiger partial charge in [-0.2, -0.15) is 4.31 Å². The summed E-state index contributed by atoms with van der Waals surface area (Å²) in [7, 11) is -2.38. The van der Waals surface area contributed by atoms with E-state index in [0.717, 1.165) is 23.3 Å². The molecule has 1 aromatic heterocycles. The number of ether oxygens (including phenoxy) is 2. The number of hydrogen-bond acceptors (Lipinski definition) is 6. The first-order valence-corrected chi connectivity index (χ1v) is 12.6. The van der Waals surface area contributed by atoms with E-state index in [1.54, 1.807) is 24.5 Å². The molecule has 0 radical (unpaired) electrons. The summed E-state index contributed by atoms with van der Waals surface area (Å²) in [6.45, 7) is 0.758. The molecule has 1 amide bonds. The second kappa shape index (κ2) is 10.8. The molecule has 3 aromatic rings. The molecule has 4 rings (SSSR count). The predicted octanol–water partition coefficient (Wildman–Crippen LogP) is 3.28. The van der Waals surface area contributed by atoms with Gasteiger partial charge in [-0.05, 0) is 60.9 Å². The number of nitrogens with one attached hydrogen (secondary N) is 1. The zero-order chi connectivity index (χ0) is 24.8. The summed E-state index contributed by atoms with van der Waals surface area (Å²) >= 11 is 0. The molecule has 184 valence electrons. The number of hydrogen-bond donors (Lipinski definition) is 1. The fourth-order valence-corrected chi connectivity index (χ4v) is 5.58. The van der Waals surface area contributed by atoms with Gasteiger partial charge >= 0.3 is 0 Å². The maximum Gasteiger partial charge on any atom is 0.243 e. The maximum atomic E-state index is 13.2. The van der Waals surface area contributed by atoms with Gasteiger partial charge in [0.25, 0.3) is 0 Å². The Hall–Kier alpha value is -3.50. The van der Waals surface area contributed by atoms with Crippen LogP contribution in [0.2, 0.25) is 0 Å². The third-order valence-electron chi connectivity index (χ3n) is 5.74. The number of pyridine rings is 1. The minimum absolute atomic E-state index is 0.0368. The van der Waals surface area contributed by atoms with Gasteiger partial charge in [0.1, 0.15) is 18.5 Å². The van der Waals surface area contributed by atoms with Crippen LogP contribution in [0.15, 0.2) is 71.9 Å². The lowest BCUT2D eigenvalue weighted by atomic mass is 10.1. The molecule has 10 heteroatoms. The van der Waals surface area contributed by atoms with Crippen molar-refractivity contribution in [2.45, 2.75) is 36.9 Å². The summed E-state index contributed by atoms with van der Waals surface area (Å²) in [4.78, 5) is 16.9. The zero-order valence-electron chi connectivity index (χ0n) is 19.2. The van der Waals surface area contributed by atoms with E-state index < -0.39 is 21.9 Å². The summed E-state index contributed by atoms with van der Waals surface area (Å²) in [5, 5.41) is 2.82. The Labute approximate surface area is 203 Å². The summed E-state index contributed by atoms with van der Waals surface area (Å²) in [5.74, 6) is 0.161. The Morgan fingerprint density at radius 2 is 1.94 bits per heavy atom. The number of methoxy groups -OCH3 is 1. The average molecular weight is 500 g/mol. The molecule has 1 unspecified atom stereocenters. The van der Waals surface area contributed by atoms with E-state index in [4.69, 9.17) is 9.47 Å². The van der Waals surface area contributed by atoms with Crippen LogP contribution < -0.4 is 14.8 Å². The predicted molar refractivity (Wildman–Crippen MR) is 127 cm³/mol. The standard InChI is InChI=1S/C25H26FN3O5S/c1-33-24-14-18(6-11-23(24)34-17-19-4-2-12-27-15-19)16-28-25(30)22-5-3-13-29(22)35(31,32)21-9-7-20(26)8-10-21/h2,4,6-12,14-15,22H,3,5,13,16-17H2,1H3,(H,28,30). The van der Waals surface area contributed by atoms with Gasteiger partial charge in [-0.15, -0.1) is 0 Å². The van der Waals surface area contributed by atoms with E-state index >= 15 is 0 Å². The highest BCUT2D eigenvalue weighted by molar-refractivity contribution is 7.89. The molecule has 1 N–H and O–H groups in total. The summed E-state index contributed by atoms with van der Waals surface area (Å²) in [6, 6.07) is 12.9. The average Bonchev–Trinajstić information content (AvgIpc) is 3.38. The number of rotatable bonds is 9. The Morgan fingerprint density at radius 3 is 2.66 bits per heavy atom. The summed E-state index contributed by atoms with van der Waals surface area (Å²) in [5.41, 5.74) is 1.69. The fraction of sp³-hybridized carbons (Fsp3) is 0.280. The van der Waals surface area contributed by atoms with Gasteiger partial charge < -0.3 is 14.8 Å². The van der Waals surface area contributed by atoms with Crippen LogP contribution in [-0.2, 0) is 28.0 Å². The fourth-order valence-electron chi connectivity index (χ4n) is 3.92. The molecule has 0 aliphatic carbocycles. The molecular weight excluding hydrogens is 473 g/mol. The number of halogens is 1. The molecule has 1 saturated heterocycles. The Bertz CT molecular complexity index is 1270. The van der Waals surface area contributed by atoms with E-state index in [0.29, 0.717) is 30.9 Å². The van der Waals surface area contributed by atoms with Crippen molar-refractivity contribution in [1.29, 1.82) is 0 Å². The number of benzene rings is 2. The molecule has 0 spiro atoms. The SMILES string of the molecule is COc1cc(CNC(=O)C2CCCN2S(=O)(=O)c2ccc(F)cc2)ccc1OCc1cccnc1. The first kappa shape index (κ1) is 24.6. The highest BCUT2D eigenvalue weighted by Gasteiger charge is 2.39. The van der Waals surface area contributed by atoms with Gasteiger partial charge in [-0.1, -0.05) is 12.1 Å². The molecule has 2 heterocycles. The van der Waals surface area contributed by atoms with Crippen LogP contribution in [0.5, 0.6) is 11.5 Å². The minimum atomic E-state index is -3.91. The number of amides is 1. The first-order valence-electron chi connectivity index (χ1n) is 11.1. The molecule has 0 saturated carbocycles. The largest absolute Gasteiger partial charge is 0.493 e. The van der Waals surface area contributed by atoms with Gasteiger partial charge in [0.05, 0.1) is 12.0 Å². The lowest BCUT2D eigenvalue weighted by Crippen LogP contribution is -2.45. The molecule has 2 aromatic carbocycles. The van der Waals surface area contributed by atoms with Crippen molar-refractivity contribution in [3.8, 4) is 11.5 Å². The number of nitrogens with zero attached hydrogens (tertiary/aromatic N) is 2. The van der Waals surface area contributed by atoms with Gasteiger partial charge in [0.15, 0.2) is 11.5 Å². The van der Waals surface area contributed by atoms with E-state index in [2.05, 4.69) is 10.3 Å². The lowest BCUT2D eigenvalue weighted by molar-refractivity contribution is -0.124. The van der Waals surface area contributed by atoms with Crippen LogP contribution >= 0.6 is 0 Å². The van der Waals surface area contributed by atoms with E-state index in [-0.39, 0.29) is 23.9 Å². The van der Waals surface area contributed by atoms with Gasteiger partial charge in [-0.25, -0.2) is 12.8 Å². The van der Waals surface area contributed by atoms with Crippen LogP contribution in [-0.4, -0.2) is 43.3 Å². The molecule has 35 heavy (non-hydrogen) atoms. The van der Waals surface area contributed by atoms with Crippen LogP contribution in [0, 0.1) is 5.82 Å². The number of carbonyl (C=O) groups excluding carboxylic acids is 1. The van der Waals surface area contributed by atoms with Crippen molar-refractivity contribution >= 4 is 15.9 Å². The van der Waals surface area contributed by atoms with E-state index in [9.17, 15) is 17.6 Å². The Morgan fingerprint density at radius 1 is 1.14 bits per heavy atom. The van der Waals surface area contributed by atoms with Crippen LogP contribution in [0.1, 0.15) is 24.0 Å². The topological polar surface area (TPSA) is 97.8 Å². The molecular formula is C25H26FN3O5S. The number of carbonyl (C=O) groups is 1. The molecule has 1 fully saturated rings. The monoisotopic (exact) mass is 499 g/mol. The van der Waals surface area contributed by atoms with Crippen LogP contribution in [0.3, 0.4) is 0 Å². The van der Waals surface area contributed by atoms with Gasteiger partial charge in [0, 0.05) is 31.0 Å². The van der Waals surface area contributed by atoms with Crippen molar-refractivity contribution in [2.24, 2.45) is 0 Å². The number of aromatic nitrogens is 1. The quantitative estimate of drug-likeness (QED) is 0.485. The highest BCUT2D eigenvalue weighted by Crippen LogP contribution is 2.29. The third kappa shape index (κ3) is 5.77. The number of sulfonamides is 1. The van der Waals surface area contributed by atoms with Gasteiger partial charge in [0.2, 0.25) is 15.9 Å².